The topological polar surface area (TPSA) is 90.0 Å². The van der Waals surface area contributed by atoms with Crippen LogP contribution in [0.2, 0.25) is 0 Å². The first-order valence-electron chi connectivity index (χ1n) is 9.39. The summed E-state index contributed by atoms with van der Waals surface area (Å²) in [5.41, 5.74) is -0.954. The Morgan fingerprint density at radius 3 is 2.25 bits per heavy atom. The second kappa shape index (κ2) is 7.73. The normalized spacial score (nSPS) is 15.9. The number of hydrogen-bond donors (Lipinski definition) is 0. The zero-order valence-corrected chi connectivity index (χ0v) is 17.3. The molecule has 7 heteroatoms. The molecule has 1 heterocycles. The highest BCUT2D eigenvalue weighted by atomic mass is 16.6. The van der Waals surface area contributed by atoms with Gasteiger partial charge in [0, 0.05) is 0 Å². The number of benzene rings is 1. The molecule has 2 rings (SSSR count). The van der Waals surface area contributed by atoms with E-state index in [1.807, 2.05) is 6.92 Å². The highest BCUT2D eigenvalue weighted by Gasteiger charge is 2.44. The predicted molar refractivity (Wildman–Crippen MR) is 103 cm³/mol. The lowest BCUT2D eigenvalue weighted by molar-refractivity contribution is -0.149. The van der Waals surface area contributed by atoms with E-state index >= 15 is 0 Å². The molecule has 1 aliphatic heterocycles. The Morgan fingerprint density at radius 1 is 1.07 bits per heavy atom. The molecular weight excluding hydrogens is 362 g/mol. The molecule has 0 saturated carbocycles. The standard InChI is InChI=1S/C21H27NO6/c1-7-11-21(6,18(25)27-8-2)13-9-10-15-14(12-13)16(23)17(24)22(15)19(26)28-20(3,4)5/h9-10,12H,7-8,11H2,1-6H3. The molecule has 0 spiro atoms. The third-order valence-corrected chi connectivity index (χ3v) is 4.57. The Balaban J connectivity index is 2.49. The monoisotopic (exact) mass is 389 g/mol. The number of rotatable bonds is 5. The van der Waals surface area contributed by atoms with Gasteiger partial charge in [-0.2, -0.15) is 0 Å². The number of ketones is 1. The summed E-state index contributed by atoms with van der Waals surface area (Å²) in [4.78, 5) is 50.6. The summed E-state index contributed by atoms with van der Waals surface area (Å²) in [7, 11) is 0. The van der Waals surface area contributed by atoms with Crippen LogP contribution in [-0.2, 0) is 24.5 Å². The molecular formula is C21H27NO6. The summed E-state index contributed by atoms with van der Waals surface area (Å²) in [6.07, 6.45) is 0.338. The van der Waals surface area contributed by atoms with Gasteiger partial charge in [-0.1, -0.05) is 19.4 Å². The second-order valence-corrected chi connectivity index (χ2v) is 7.98. The van der Waals surface area contributed by atoms with Crippen molar-refractivity contribution in [3.63, 3.8) is 0 Å². The minimum atomic E-state index is -0.963. The van der Waals surface area contributed by atoms with E-state index < -0.39 is 34.8 Å². The minimum Gasteiger partial charge on any atom is -0.465 e. The lowest BCUT2D eigenvalue weighted by Crippen LogP contribution is -2.40. The van der Waals surface area contributed by atoms with E-state index in [9.17, 15) is 19.2 Å². The molecule has 0 aliphatic carbocycles. The maximum absolute atomic E-state index is 12.6. The van der Waals surface area contributed by atoms with E-state index in [0.717, 1.165) is 11.3 Å². The maximum Gasteiger partial charge on any atom is 0.422 e. The van der Waals surface area contributed by atoms with Gasteiger partial charge >= 0.3 is 18.0 Å². The number of nitrogens with zero attached hydrogens (tertiary/aromatic N) is 1. The molecule has 0 N–H and O–H groups in total. The number of carbonyl (C=O) groups is 4. The zero-order chi connectivity index (χ0) is 21.3. The van der Waals surface area contributed by atoms with Crippen molar-refractivity contribution < 1.29 is 28.7 Å². The lowest BCUT2D eigenvalue weighted by Gasteiger charge is -2.28. The summed E-state index contributed by atoms with van der Waals surface area (Å²) >= 11 is 0. The Morgan fingerprint density at radius 2 is 1.71 bits per heavy atom. The highest BCUT2D eigenvalue weighted by Crippen LogP contribution is 2.37. The third kappa shape index (κ3) is 3.93. The Kier molecular flexibility index (Phi) is 5.97. The van der Waals surface area contributed by atoms with Crippen LogP contribution >= 0.6 is 0 Å². The molecule has 1 unspecified atom stereocenters. The SMILES string of the molecule is CCCC(C)(C(=O)OCC)c1ccc2c(c1)C(=O)C(=O)N2C(=O)OC(C)(C)C. The highest BCUT2D eigenvalue weighted by molar-refractivity contribution is 6.56. The molecule has 0 fully saturated rings. The van der Waals surface area contributed by atoms with Crippen LogP contribution in [0.3, 0.4) is 0 Å². The predicted octanol–water partition coefficient (Wildman–Crippen LogP) is 3.77. The van der Waals surface area contributed by atoms with Gasteiger partial charge in [-0.25, -0.2) is 9.69 Å². The first-order chi connectivity index (χ1) is 13.0. The van der Waals surface area contributed by atoms with Gasteiger partial charge in [-0.3, -0.25) is 14.4 Å². The maximum atomic E-state index is 12.6. The van der Waals surface area contributed by atoms with E-state index in [0.29, 0.717) is 12.0 Å². The number of carbonyl (C=O) groups excluding carboxylic acids is 4. The second-order valence-electron chi connectivity index (χ2n) is 7.98. The summed E-state index contributed by atoms with van der Waals surface area (Å²) in [6.45, 7) is 10.7. The van der Waals surface area contributed by atoms with Crippen LogP contribution in [0.25, 0.3) is 0 Å². The summed E-state index contributed by atoms with van der Waals surface area (Å²) in [6, 6.07) is 4.66. The van der Waals surface area contributed by atoms with Crippen molar-refractivity contribution in [1.82, 2.24) is 0 Å². The Labute approximate surface area is 165 Å². The van der Waals surface area contributed by atoms with Crippen molar-refractivity contribution in [1.29, 1.82) is 0 Å². The third-order valence-electron chi connectivity index (χ3n) is 4.57. The smallest absolute Gasteiger partial charge is 0.422 e. The first kappa shape index (κ1) is 21.6. The van der Waals surface area contributed by atoms with Crippen LogP contribution in [0.1, 0.15) is 70.3 Å². The van der Waals surface area contributed by atoms with Gasteiger partial charge in [0.2, 0.25) is 0 Å². The number of imide groups is 1. The van der Waals surface area contributed by atoms with Crippen LogP contribution < -0.4 is 4.90 Å². The summed E-state index contributed by atoms with van der Waals surface area (Å²) in [5.74, 6) is -2.15. The molecule has 152 valence electrons. The molecule has 7 nitrogen and oxygen atoms in total. The van der Waals surface area contributed by atoms with E-state index in [1.165, 1.54) is 12.1 Å². The van der Waals surface area contributed by atoms with Crippen LogP contribution in [0.15, 0.2) is 18.2 Å². The fourth-order valence-electron chi connectivity index (χ4n) is 3.23. The van der Waals surface area contributed by atoms with Crippen molar-refractivity contribution in [3.8, 4) is 0 Å². The molecule has 28 heavy (non-hydrogen) atoms. The number of hydrogen-bond acceptors (Lipinski definition) is 6. The number of Topliss-reactive ketones (excluding diaryl/α,β-unsaturated/α-hetero) is 1. The first-order valence-corrected chi connectivity index (χ1v) is 9.39. The van der Waals surface area contributed by atoms with Gasteiger partial charge in [0.1, 0.15) is 5.60 Å². The minimum absolute atomic E-state index is 0.0833. The summed E-state index contributed by atoms with van der Waals surface area (Å²) < 4.78 is 10.5. The van der Waals surface area contributed by atoms with Gasteiger partial charge in [0.15, 0.2) is 0 Å². The van der Waals surface area contributed by atoms with Crippen LogP contribution in [0.5, 0.6) is 0 Å². The number of anilines is 1. The number of amides is 2. The van der Waals surface area contributed by atoms with Crippen molar-refractivity contribution in [2.75, 3.05) is 11.5 Å². The molecule has 0 saturated heterocycles. The molecule has 1 aliphatic rings. The van der Waals surface area contributed by atoms with Crippen molar-refractivity contribution >= 4 is 29.4 Å². The quantitative estimate of drug-likeness (QED) is 0.562. The molecule has 1 atom stereocenters. The fourth-order valence-corrected chi connectivity index (χ4v) is 3.23. The number of fused-ring (bicyclic) bond motifs is 1. The molecule has 0 radical (unpaired) electrons. The number of esters is 1. The van der Waals surface area contributed by atoms with Gasteiger partial charge < -0.3 is 9.47 Å². The van der Waals surface area contributed by atoms with Gasteiger partial charge in [-0.15, -0.1) is 0 Å². The summed E-state index contributed by atoms with van der Waals surface area (Å²) in [5, 5.41) is 0. The molecule has 0 aromatic heterocycles. The van der Waals surface area contributed by atoms with Crippen LogP contribution in [-0.4, -0.2) is 36.0 Å². The van der Waals surface area contributed by atoms with Crippen LogP contribution in [0.4, 0.5) is 10.5 Å². The average Bonchev–Trinajstić information content (AvgIpc) is 2.84. The lowest BCUT2D eigenvalue weighted by atomic mass is 9.78. The fraction of sp³-hybridized carbons (Fsp3) is 0.524. The van der Waals surface area contributed by atoms with E-state index in [-0.39, 0.29) is 17.9 Å². The van der Waals surface area contributed by atoms with Gasteiger partial charge in [0.25, 0.3) is 5.78 Å². The number of ether oxygens (including phenoxy) is 2. The Bertz CT molecular complexity index is 823. The van der Waals surface area contributed by atoms with Crippen molar-refractivity contribution in [2.24, 2.45) is 0 Å². The Hall–Kier alpha value is -2.70. The van der Waals surface area contributed by atoms with E-state index in [2.05, 4.69) is 0 Å². The largest absolute Gasteiger partial charge is 0.465 e. The van der Waals surface area contributed by atoms with E-state index in [4.69, 9.17) is 9.47 Å². The molecule has 1 aromatic rings. The van der Waals surface area contributed by atoms with E-state index in [1.54, 1.807) is 40.7 Å². The van der Waals surface area contributed by atoms with Gasteiger partial charge in [0.05, 0.1) is 23.3 Å². The van der Waals surface area contributed by atoms with Crippen LogP contribution in [0, 0.1) is 0 Å². The van der Waals surface area contributed by atoms with Gasteiger partial charge in [-0.05, 0) is 58.7 Å². The zero-order valence-electron chi connectivity index (χ0n) is 17.3. The average molecular weight is 389 g/mol. The molecule has 2 amide bonds. The van der Waals surface area contributed by atoms with Crippen molar-refractivity contribution in [3.05, 3.63) is 29.3 Å². The van der Waals surface area contributed by atoms with Crippen molar-refractivity contribution in [2.45, 2.75) is 65.4 Å². The molecule has 1 aromatic carbocycles. The molecule has 0 bridgehead atoms.